The molecule has 0 saturated heterocycles. The van der Waals surface area contributed by atoms with E-state index < -0.39 is 23.3 Å². The second-order valence-electron chi connectivity index (χ2n) is 7.16. The Morgan fingerprint density at radius 1 is 0.962 bits per heavy atom. The number of hydrogen-bond donors (Lipinski definition) is 0. The van der Waals surface area contributed by atoms with Gasteiger partial charge in [-0.05, 0) is 24.7 Å². The van der Waals surface area contributed by atoms with Gasteiger partial charge in [0, 0.05) is 0 Å². The molecule has 0 radical (unpaired) electrons. The predicted molar refractivity (Wildman–Crippen MR) is 102 cm³/mol. The Balaban J connectivity index is 5.89. The van der Waals surface area contributed by atoms with Gasteiger partial charge in [0.2, 0.25) is 0 Å². The van der Waals surface area contributed by atoms with Gasteiger partial charge in [-0.15, -0.1) is 0 Å². The number of unbranched alkanes of at least 4 members (excludes halogenated alkanes) is 2. The summed E-state index contributed by atoms with van der Waals surface area (Å²) >= 11 is 0. The molecular formula is C21H37NO4. The summed E-state index contributed by atoms with van der Waals surface area (Å²) in [5.41, 5.74) is -1.51. The average molecular weight is 368 g/mol. The van der Waals surface area contributed by atoms with Gasteiger partial charge < -0.3 is 9.47 Å². The van der Waals surface area contributed by atoms with Gasteiger partial charge in [0.05, 0.1) is 25.2 Å². The van der Waals surface area contributed by atoms with Gasteiger partial charge in [-0.25, -0.2) is 0 Å². The van der Waals surface area contributed by atoms with Crippen molar-refractivity contribution in [3.8, 4) is 6.07 Å². The maximum absolute atomic E-state index is 13.0. The van der Waals surface area contributed by atoms with E-state index in [-0.39, 0.29) is 18.4 Å². The van der Waals surface area contributed by atoms with Crippen molar-refractivity contribution in [1.29, 1.82) is 5.26 Å². The number of carbonyl (C=O) groups excluding carboxylic acids is 2. The molecule has 4 atom stereocenters. The van der Waals surface area contributed by atoms with Gasteiger partial charge in [0.25, 0.3) is 0 Å². The van der Waals surface area contributed by atoms with Crippen LogP contribution in [0.4, 0.5) is 0 Å². The van der Waals surface area contributed by atoms with Gasteiger partial charge in [0.15, 0.2) is 5.41 Å². The van der Waals surface area contributed by atoms with Gasteiger partial charge in [-0.1, -0.05) is 67.2 Å². The van der Waals surface area contributed by atoms with E-state index in [0.717, 1.165) is 25.7 Å². The molecule has 0 N–H and O–H groups in total. The second-order valence-corrected chi connectivity index (χ2v) is 7.16. The molecule has 26 heavy (non-hydrogen) atoms. The number of rotatable bonds is 13. The lowest BCUT2D eigenvalue weighted by Crippen LogP contribution is -2.50. The summed E-state index contributed by atoms with van der Waals surface area (Å²) < 4.78 is 10.9. The van der Waals surface area contributed by atoms with Gasteiger partial charge in [-0.2, -0.15) is 5.26 Å². The summed E-state index contributed by atoms with van der Waals surface area (Å²) in [4.78, 5) is 25.9. The quantitative estimate of drug-likeness (QED) is 0.342. The van der Waals surface area contributed by atoms with Crippen LogP contribution in [0.2, 0.25) is 0 Å². The Morgan fingerprint density at radius 2 is 1.50 bits per heavy atom. The second kappa shape index (κ2) is 12.7. The third-order valence-electron chi connectivity index (χ3n) is 5.34. The number of esters is 2. The van der Waals surface area contributed by atoms with Crippen LogP contribution in [0.3, 0.4) is 0 Å². The number of ether oxygens (including phenoxy) is 2. The van der Waals surface area contributed by atoms with Crippen LogP contribution in [0.15, 0.2) is 0 Å². The first kappa shape index (κ1) is 24.4. The van der Waals surface area contributed by atoms with Crippen LogP contribution in [0.5, 0.6) is 0 Å². The summed E-state index contributed by atoms with van der Waals surface area (Å²) in [6, 6.07) is 2.20. The number of nitriles is 1. The summed E-state index contributed by atoms with van der Waals surface area (Å²) in [6.07, 6.45) is 4.59. The van der Waals surface area contributed by atoms with E-state index in [1.807, 2.05) is 41.5 Å². The third kappa shape index (κ3) is 6.00. The monoisotopic (exact) mass is 367 g/mol. The molecule has 0 aliphatic rings. The van der Waals surface area contributed by atoms with Crippen LogP contribution >= 0.6 is 0 Å². The average Bonchev–Trinajstić information content (AvgIpc) is 2.64. The summed E-state index contributed by atoms with van der Waals surface area (Å²) in [5, 5.41) is 10.1. The Hall–Kier alpha value is -1.57. The van der Waals surface area contributed by atoms with Crippen molar-refractivity contribution in [3.63, 3.8) is 0 Å². The van der Waals surface area contributed by atoms with E-state index in [1.165, 1.54) is 0 Å². The molecule has 0 heterocycles. The lowest BCUT2D eigenvalue weighted by Gasteiger charge is -2.38. The molecule has 0 spiro atoms. The first-order valence-corrected chi connectivity index (χ1v) is 10.1. The van der Waals surface area contributed by atoms with Crippen molar-refractivity contribution in [2.75, 3.05) is 13.2 Å². The predicted octanol–water partition coefficient (Wildman–Crippen LogP) is 4.89. The Morgan fingerprint density at radius 3 is 1.92 bits per heavy atom. The first-order chi connectivity index (χ1) is 12.4. The fourth-order valence-corrected chi connectivity index (χ4v) is 3.12. The van der Waals surface area contributed by atoms with E-state index in [1.54, 1.807) is 0 Å². The zero-order valence-electron chi connectivity index (χ0n) is 17.5. The number of hydrogen-bond acceptors (Lipinski definition) is 5. The maximum Gasteiger partial charge on any atom is 0.327 e. The molecule has 0 saturated carbocycles. The highest BCUT2D eigenvalue weighted by atomic mass is 16.5. The molecule has 0 aromatic carbocycles. The lowest BCUT2D eigenvalue weighted by atomic mass is 9.62. The van der Waals surface area contributed by atoms with Gasteiger partial charge in [0.1, 0.15) is 0 Å². The Bertz CT molecular complexity index is 471. The molecule has 0 aromatic rings. The van der Waals surface area contributed by atoms with Crippen molar-refractivity contribution in [2.45, 2.75) is 80.1 Å². The van der Waals surface area contributed by atoms with Crippen LogP contribution in [0.25, 0.3) is 0 Å². The molecule has 5 nitrogen and oxygen atoms in total. The van der Waals surface area contributed by atoms with Crippen LogP contribution in [0.1, 0.15) is 80.1 Å². The highest BCUT2D eigenvalue weighted by molar-refractivity contribution is 5.88. The van der Waals surface area contributed by atoms with Crippen LogP contribution in [-0.4, -0.2) is 25.2 Å². The molecule has 0 aliphatic heterocycles. The molecule has 0 amide bonds. The van der Waals surface area contributed by atoms with E-state index in [2.05, 4.69) is 6.07 Å². The Kier molecular flexibility index (Phi) is 12.0. The molecule has 150 valence electrons. The minimum absolute atomic E-state index is 0.156. The largest absolute Gasteiger partial charge is 0.465 e. The van der Waals surface area contributed by atoms with E-state index in [0.29, 0.717) is 19.4 Å². The van der Waals surface area contributed by atoms with Crippen molar-refractivity contribution >= 4 is 11.9 Å². The highest BCUT2D eigenvalue weighted by Crippen LogP contribution is 2.44. The van der Waals surface area contributed by atoms with Crippen molar-refractivity contribution < 1.29 is 19.1 Å². The van der Waals surface area contributed by atoms with Crippen LogP contribution in [-0.2, 0) is 19.1 Å². The molecular weight excluding hydrogens is 330 g/mol. The molecule has 0 rings (SSSR count). The Labute approximate surface area is 159 Å². The van der Waals surface area contributed by atoms with Gasteiger partial charge >= 0.3 is 11.9 Å². The minimum Gasteiger partial charge on any atom is -0.465 e. The van der Waals surface area contributed by atoms with E-state index in [9.17, 15) is 14.9 Å². The zero-order chi connectivity index (χ0) is 20.2. The third-order valence-corrected chi connectivity index (χ3v) is 5.34. The van der Waals surface area contributed by atoms with Crippen LogP contribution < -0.4 is 0 Å². The molecule has 4 unspecified atom stereocenters. The van der Waals surface area contributed by atoms with E-state index >= 15 is 0 Å². The highest BCUT2D eigenvalue weighted by Gasteiger charge is 2.56. The van der Waals surface area contributed by atoms with Gasteiger partial charge in [-0.3, -0.25) is 9.59 Å². The van der Waals surface area contributed by atoms with Crippen LogP contribution in [0, 0.1) is 34.5 Å². The molecule has 0 aliphatic carbocycles. The first-order valence-electron chi connectivity index (χ1n) is 10.1. The zero-order valence-corrected chi connectivity index (χ0v) is 17.5. The summed E-state index contributed by atoms with van der Waals surface area (Å²) in [7, 11) is 0. The molecule has 0 bridgehead atoms. The lowest BCUT2D eigenvalue weighted by molar-refractivity contribution is -0.172. The number of nitrogens with zero attached hydrogens (tertiary/aromatic N) is 1. The molecule has 0 fully saturated rings. The minimum atomic E-state index is -1.51. The standard InChI is InChI=1S/C21H37NO4/c1-7-11-13-25-19(23)18(16(5)9-3)21(15-22,17(6)10-4)20(24)26-14-12-8-2/h16-18H,7-14H2,1-6H3. The molecule has 5 heteroatoms. The topological polar surface area (TPSA) is 76.4 Å². The number of carbonyl (C=O) groups is 2. The fraction of sp³-hybridized carbons (Fsp3) is 0.857. The van der Waals surface area contributed by atoms with Crippen molar-refractivity contribution in [2.24, 2.45) is 23.2 Å². The van der Waals surface area contributed by atoms with Crippen molar-refractivity contribution in [1.82, 2.24) is 0 Å². The summed E-state index contributed by atoms with van der Waals surface area (Å²) in [5.74, 6) is -2.32. The van der Waals surface area contributed by atoms with Crippen molar-refractivity contribution in [3.05, 3.63) is 0 Å². The fourth-order valence-electron chi connectivity index (χ4n) is 3.12. The summed E-state index contributed by atoms with van der Waals surface area (Å²) in [6.45, 7) is 12.2. The molecule has 0 aromatic heterocycles. The SMILES string of the molecule is CCCCOC(=O)C(C(C)CC)C(C#N)(C(=O)OCCCC)C(C)CC. The maximum atomic E-state index is 13.0. The smallest absolute Gasteiger partial charge is 0.327 e. The van der Waals surface area contributed by atoms with E-state index in [4.69, 9.17) is 9.47 Å². The normalized spacial score (nSPS) is 16.7.